The fraction of sp³-hybridized carbons (Fsp3) is 1.00. The molecule has 0 aliphatic carbocycles. The molecule has 6 heteroatoms. The molecule has 1 fully saturated rings. The number of rotatable bonds is 4. The average Bonchev–Trinajstić information content (AvgIpc) is 2.18. The minimum atomic E-state index is -3.03. The van der Waals surface area contributed by atoms with Gasteiger partial charge in [0.2, 0.25) is 10.0 Å². The van der Waals surface area contributed by atoms with E-state index in [0.29, 0.717) is 32.4 Å². The molecule has 1 saturated heterocycles. The van der Waals surface area contributed by atoms with Gasteiger partial charge in [0, 0.05) is 13.1 Å². The van der Waals surface area contributed by atoms with Crippen molar-refractivity contribution in [1.82, 2.24) is 4.31 Å². The van der Waals surface area contributed by atoms with Gasteiger partial charge in [0.1, 0.15) is 0 Å². The van der Waals surface area contributed by atoms with Crippen LogP contribution in [0.15, 0.2) is 0 Å². The van der Waals surface area contributed by atoms with Gasteiger partial charge in [-0.25, -0.2) is 18.6 Å². The van der Waals surface area contributed by atoms with Crippen molar-refractivity contribution < 1.29 is 13.3 Å². The van der Waals surface area contributed by atoms with Crippen molar-refractivity contribution in [2.45, 2.75) is 32.3 Å². The summed E-state index contributed by atoms with van der Waals surface area (Å²) in [6, 6.07) is 0. The third-order valence-corrected chi connectivity index (χ3v) is 4.52. The molecule has 5 nitrogen and oxygen atoms in total. The first-order chi connectivity index (χ1) is 6.60. The summed E-state index contributed by atoms with van der Waals surface area (Å²) in [4.78, 5) is 4.69. The van der Waals surface area contributed by atoms with Crippen molar-refractivity contribution in [2.24, 2.45) is 5.90 Å². The van der Waals surface area contributed by atoms with E-state index in [1.165, 1.54) is 4.31 Å². The lowest BCUT2D eigenvalue weighted by molar-refractivity contribution is 0.0205. The Bertz CT molecular complexity index is 258. The molecule has 2 N–H and O–H groups in total. The Kier molecular flexibility index (Phi) is 4.31. The Morgan fingerprint density at radius 2 is 2.00 bits per heavy atom. The first-order valence-electron chi connectivity index (χ1n) is 4.93. The van der Waals surface area contributed by atoms with Crippen molar-refractivity contribution in [3.63, 3.8) is 0 Å². The molecule has 0 atom stereocenters. The van der Waals surface area contributed by atoms with E-state index in [1.807, 2.05) is 6.92 Å². The van der Waals surface area contributed by atoms with Gasteiger partial charge in [0.05, 0.1) is 11.9 Å². The molecule has 1 aliphatic heterocycles. The number of nitrogens with zero attached hydrogens (tertiary/aromatic N) is 1. The Labute approximate surface area is 85.2 Å². The van der Waals surface area contributed by atoms with Gasteiger partial charge < -0.3 is 4.84 Å². The number of hydrogen-bond donors (Lipinski definition) is 1. The van der Waals surface area contributed by atoms with Gasteiger partial charge in [0.25, 0.3) is 0 Å². The molecule has 0 bridgehead atoms. The molecule has 0 spiro atoms. The molecule has 1 aliphatic rings. The highest BCUT2D eigenvalue weighted by Gasteiger charge is 2.27. The van der Waals surface area contributed by atoms with Crippen LogP contribution in [0.2, 0.25) is 0 Å². The van der Waals surface area contributed by atoms with Gasteiger partial charge in [-0.3, -0.25) is 0 Å². The topological polar surface area (TPSA) is 72.6 Å². The SMILES string of the molecule is CCCS(=O)(=O)N1CCC(ON)CC1. The lowest BCUT2D eigenvalue weighted by Crippen LogP contribution is -2.42. The maximum Gasteiger partial charge on any atom is 0.214 e. The molecular weight excluding hydrogens is 204 g/mol. The van der Waals surface area contributed by atoms with Gasteiger partial charge in [-0.15, -0.1) is 0 Å². The number of piperidine rings is 1. The normalized spacial score (nSPS) is 21.3. The monoisotopic (exact) mass is 222 g/mol. The van der Waals surface area contributed by atoms with Crippen molar-refractivity contribution in [2.75, 3.05) is 18.8 Å². The van der Waals surface area contributed by atoms with Gasteiger partial charge in [-0.05, 0) is 19.3 Å². The zero-order valence-electron chi connectivity index (χ0n) is 8.48. The zero-order valence-corrected chi connectivity index (χ0v) is 9.29. The molecule has 0 radical (unpaired) electrons. The second-order valence-electron chi connectivity index (χ2n) is 3.55. The largest absolute Gasteiger partial charge is 0.301 e. The van der Waals surface area contributed by atoms with Crippen LogP contribution in [0, 0.1) is 0 Å². The first-order valence-corrected chi connectivity index (χ1v) is 6.54. The molecule has 0 aromatic rings. The Morgan fingerprint density at radius 1 is 1.43 bits per heavy atom. The summed E-state index contributed by atoms with van der Waals surface area (Å²) < 4.78 is 24.8. The fourth-order valence-electron chi connectivity index (χ4n) is 1.63. The molecule has 0 amide bonds. The number of nitrogens with two attached hydrogens (primary N) is 1. The summed E-state index contributed by atoms with van der Waals surface area (Å²) in [6.07, 6.45) is 2.07. The molecule has 1 heterocycles. The van der Waals surface area contributed by atoms with Crippen LogP contribution in [0.1, 0.15) is 26.2 Å². The molecule has 0 unspecified atom stereocenters. The quantitative estimate of drug-likeness (QED) is 0.684. The van der Waals surface area contributed by atoms with E-state index in [9.17, 15) is 8.42 Å². The summed E-state index contributed by atoms with van der Waals surface area (Å²) >= 11 is 0. The summed E-state index contributed by atoms with van der Waals surface area (Å²) in [5.41, 5.74) is 0. The van der Waals surface area contributed by atoms with Gasteiger partial charge >= 0.3 is 0 Å². The molecule has 14 heavy (non-hydrogen) atoms. The van der Waals surface area contributed by atoms with Crippen LogP contribution in [0.4, 0.5) is 0 Å². The summed E-state index contributed by atoms with van der Waals surface area (Å²) in [5.74, 6) is 5.29. The van der Waals surface area contributed by atoms with Crippen molar-refractivity contribution in [3.05, 3.63) is 0 Å². The summed E-state index contributed by atoms with van der Waals surface area (Å²) in [5, 5.41) is 0. The highest BCUT2D eigenvalue weighted by molar-refractivity contribution is 7.89. The standard InChI is InChI=1S/C8H18N2O3S/c1-2-7-14(11,12)10-5-3-8(13-9)4-6-10/h8H,2-7,9H2,1H3. The van der Waals surface area contributed by atoms with E-state index in [4.69, 9.17) is 10.7 Å². The maximum atomic E-state index is 11.6. The maximum absolute atomic E-state index is 11.6. The lowest BCUT2D eigenvalue weighted by Gasteiger charge is -2.29. The predicted molar refractivity (Wildman–Crippen MR) is 53.9 cm³/mol. The molecule has 0 saturated carbocycles. The Hall–Kier alpha value is -0.170. The number of sulfonamides is 1. The van der Waals surface area contributed by atoms with Crippen molar-refractivity contribution in [3.8, 4) is 0 Å². The van der Waals surface area contributed by atoms with Crippen LogP contribution in [0.25, 0.3) is 0 Å². The van der Waals surface area contributed by atoms with E-state index in [-0.39, 0.29) is 11.9 Å². The van der Waals surface area contributed by atoms with Gasteiger partial charge in [-0.1, -0.05) is 6.92 Å². The first kappa shape index (κ1) is 11.9. The highest BCUT2D eigenvalue weighted by atomic mass is 32.2. The second kappa shape index (κ2) is 5.06. The van der Waals surface area contributed by atoms with Crippen LogP contribution in [-0.2, 0) is 14.9 Å². The van der Waals surface area contributed by atoms with Crippen LogP contribution in [0.5, 0.6) is 0 Å². The van der Waals surface area contributed by atoms with E-state index in [0.717, 1.165) is 0 Å². The highest BCUT2D eigenvalue weighted by Crippen LogP contribution is 2.16. The summed E-state index contributed by atoms with van der Waals surface area (Å²) in [6.45, 7) is 2.93. The van der Waals surface area contributed by atoms with E-state index < -0.39 is 10.0 Å². The van der Waals surface area contributed by atoms with E-state index >= 15 is 0 Å². The molecule has 84 valence electrons. The average molecular weight is 222 g/mol. The summed E-state index contributed by atoms with van der Waals surface area (Å²) in [7, 11) is -3.03. The van der Waals surface area contributed by atoms with E-state index in [2.05, 4.69) is 0 Å². The van der Waals surface area contributed by atoms with Crippen molar-refractivity contribution >= 4 is 10.0 Å². The van der Waals surface area contributed by atoms with Crippen LogP contribution in [-0.4, -0.2) is 37.7 Å². The second-order valence-corrected chi connectivity index (χ2v) is 5.64. The smallest absolute Gasteiger partial charge is 0.214 e. The molecule has 1 rings (SSSR count). The van der Waals surface area contributed by atoms with Gasteiger partial charge in [-0.2, -0.15) is 0 Å². The molecule has 0 aromatic carbocycles. The Balaban J connectivity index is 2.49. The molecule has 0 aromatic heterocycles. The third kappa shape index (κ3) is 2.91. The van der Waals surface area contributed by atoms with Gasteiger partial charge in [0.15, 0.2) is 0 Å². The van der Waals surface area contributed by atoms with Crippen LogP contribution < -0.4 is 5.90 Å². The zero-order chi connectivity index (χ0) is 10.6. The van der Waals surface area contributed by atoms with Crippen LogP contribution in [0.3, 0.4) is 0 Å². The van der Waals surface area contributed by atoms with Crippen LogP contribution >= 0.6 is 0 Å². The third-order valence-electron chi connectivity index (χ3n) is 2.45. The number of hydrogen-bond acceptors (Lipinski definition) is 4. The van der Waals surface area contributed by atoms with E-state index in [1.54, 1.807) is 0 Å². The van der Waals surface area contributed by atoms with Crippen molar-refractivity contribution in [1.29, 1.82) is 0 Å². The predicted octanol–water partition coefficient (Wildman–Crippen LogP) is 0.0809. The Morgan fingerprint density at radius 3 is 2.43 bits per heavy atom. The lowest BCUT2D eigenvalue weighted by atomic mass is 10.1. The molecular formula is C8H18N2O3S. The minimum absolute atomic E-state index is 0.0167. The fourth-order valence-corrected chi connectivity index (χ4v) is 3.17. The minimum Gasteiger partial charge on any atom is -0.301 e.